The van der Waals surface area contributed by atoms with Gasteiger partial charge in [-0.3, -0.25) is 0 Å². The zero-order chi connectivity index (χ0) is 13.7. The third-order valence-corrected chi connectivity index (χ3v) is 6.32. The normalized spacial score (nSPS) is 26.6. The first-order valence-electron chi connectivity index (χ1n) is 7.58. The first-order chi connectivity index (χ1) is 9.16. The van der Waals surface area contributed by atoms with Crippen molar-refractivity contribution in [2.45, 2.75) is 51.0 Å². The second-order valence-corrected chi connectivity index (χ2v) is 7.50. The molecule has 1 saturated carbocycles. The molecule has 1 aliphatic carbocycles. The molecule has 1 heterocycles. The van der Waals surface area contributed by atoms with E-state index in [1.807, 2.05) is 7.05 Å². The maximum absolute atomic E-state index is 12.6. The number of rotatable bonds is 5. The van der Waals surface area contributed by atoms with Crippen LogP contribution in [0.25, 0.3) is 0 Å². The Morgan fingerprint density at radius 3 is 2.53 bits per heavy atom. The minimum absolute atomic E-state index is 0.255. The first-order valence-corrected chi connectivity index (χ1v) is 8.97. The molecule has 0 bridgehead atoms. The van der Waals surface area contributed by atoms with Crippen LogP contribution in [0.3, 0.4) is 0 Å². The van der Waals surface area contributed by atoms with Crippen LogP contribution in [-0.4, -0.2) is 56.3 Å². The summed E-state index contributed by atoms with van der Waals surface area (Å²) in [5, 5.41) is 3.07. The number of nitrogens with zero attached hydrogens (tertiary/aromatic N) is 2. The van der Waals surface area contributed by atoms with E-state index in [9.17, 15) is 8.42 Å². The van der Waals surface area contributed by atoms with Crippen LogP contribution < -0.4 is 5.32 Å². The Hall–Kier alpha value is -0.170. The van der Waals surface area contributed by atoms with E-state index >= 15 is 0 Å². The summed E-state index contributed by atoms with van der Waals surface area (Å²) in [6, 6.07) is 0.255. The minimum atomic E-state index is -3.21. The summed E-state index contributed by atoms with van der Waals surface area (Å²) in [6.07, 6.45) is 7.56. The minimum Gasteiger partial charge on any atom is -0.320 e. The Morgan fingerprint density at radius 1 is 1.11 bits per heavy atom. The predicted molar refractivity (Wildman–Crippen MR) is 77.2 cm³/mol. The maximum atomic E-state index is 12.6. The van der Waals surface area contributed by atoms with Crippen LogP contribution in [-0.2, 0) is 10.2 Å². The van der Waals surface area contributed by atoms with E-state index in [-0.39, 0.29) is 6.04 Å². The third-order valence-electron chi connectivity index (χ3n) is 4.22. The van der Waals surface area contributed by atoms with E-state index in [0.717, 1.165) is 38.8 Å². The lowest BCUT2D eigenvalue weighted by molar-refractivity contribution is 0.204. The van der Waals surface area contributed by atoms with Gasteiger partial charge in [0.05, 0.1) is 0 Å². The highest BCUT2D eigenvalue weighted by Gasteiger charge is 2.37. The lowest BCUT2D eigenvalue weighted by atomic mass is 9.95. The summed E-state index contributed by atoms with van der Waals surface area (Å²) >= 11 is 0. The van der Waals surface area contributed by atoms with E-state index in [1.54, 1.807) is 8.61 Å². The monoisotopic (exact) mass is 289 g/mol. The van der Waals surface area contributed by atoms with Gasteiger partial charge in [0.1, 0.15) is 0 Å². The highest BCUT2D eigenvalue weighted by molar-refractivity contribution is 7.86. The molecular formula is C13H27N3O2S. The fourth-order valence-corrected chi connectivity index (χ4v) is 5.14. The van der Waals surface area contributed by atoms with Crippen LogP contribution in [0.4, 0.5) is 0 Å². The van der Waals surface area contributed by atoms with Crippen LogP contribution in [0, 0.1) is 0 Å². The fraction of sp³-hybridized carbons (Fsp3) is 1.00. The molecule has 1 aliphatic heterocycles. The molecule has 6 heteroatoms. The summed E-state index contributed by atoms with van der Waals surface area (Å²) in [5.41, 5.74) is 0. The smallest absolute Gasteiger partial charge is 0.282 e. The van der Waals surface area contributed by atoms with Crippen LogP contribution in [0.15, 0.2) is 0 Å². The molecule has 5 nitrogen and oxygen atoms in total. The van der Waals surface area contributed by atoms with Crippen molar-refractivity contribution in [2.75, 3.05) is 33.2 Å². The predicted octanol–water partition coefficient (Wildman–Crippen LogP) is 1.18. The Bertz CT molecular complexity index is 366. The van der Waals surface area contributed by atoms with Crippen LogP contribution in [0.5, 0.6) is 0 Å². The molecule has 2 rings (SSSR count). The van der Waals surface area contributed by atoms with Gasteiger partial charge in [0, 0.05) is 25.7 Å². The average molecular weight is 289 g/mol. The van der Waals surface area contributed by atoms with Crippen molar-refractivity contribution in [3.63, 3.8) is 0 Å². The van der Waals surface area contributed by atoms with Crippen LogP contribution >= 0.6 is 0 Å². The molecule has 0 radical (unpaired) electrons. The molecule has 0 spiro atoms. The van der Waals surface area contributed by atoms with Crippen molar-refractivity contribution in [3.8, 4) is 0 Å². The Balaban J connectivity index is 1.99. The van der Waals surface area contributed by atoms with Gasteiger partial charge in [-0.15, -0.1) is 0 Å². The lowest BCUT2D eigenvalue weighted by Crippen LogP contribution is -2.54. The number of hydrogen-bond donors (Lipinski definition) is 1. The van der Waals surface area contributed by atoms with Gasteiger partial charge in [-0.2, -0.15) is 17.0 Å². The quantitative estimate of drug-likeness (QED) is 0.773. The lowest BCUT2D eigenvalue weighted by Gasteiger charge is -2.40. The van der Waals surface area contributed by atoms with Crippen molar-refractivity contribution in [1.29, 1.82) is 0 Å². The van der Waals surface area contributed by atoms with Gasteiger partial charge in [-0.25, -0.2) is 0 Å². The summed E-state index contributed by atoms with van der Waals surface area (Å²) in [5.74, 6) is 0. The standard InChI is InChI=1S/C13H27N3O2S/c1-14-9-5-10-15-11-6-12-16(19(15,17)18)13-7-3-2-4-8-13/h13-14H,2-12H2,1H3. The molecule has 19 heavy (non-hydrogen) atoms. The number of hydrogen-bond acceptors (Lipinski definition) is 3. The SMILES string of the molecule is CNCCCN1CCCN(C2CCCCC2)S1(=O)=O. The molecule has 0 amide bonds. The molecule has 0 atom stereocenters. The van der Waals surface area contributed by atoms with Gasteiger partial charge in [-0.05, 0) is 39.3 Å². The Kier molecular flexibility index (Phi) is 5.62. The van der Waals surface area contributed by atoms with Crippen LogP contribution in [0.2, 0.25) is 0 Å². The molecule has 0 aromatic carbocycles. The van der Waals surface area contributed by atoms with Crippen molar-refractivity contribution < 1.29 is 8.42 Å². The molecule has 0 aromatic heterocycles. The van der Waals surface area contributed by atoms with Gasteiger partial charge in [-0.1, -0.05) is 19.3 Å². The molecule has 0 aromatic rings. The second-order valence-electron chi connectivity index (χ2n) is 5.62. The van der Waals surface area contributed by atoms with Gasteiger partial charge < -0.3 is 5.32 Å². The summed E-state index contributed by atoms with van der Waals surface area (Å²) in [7, 11) is -1.30. The van der Waals surface area contributed by atoms with E-state index in [4.69, 9.17) is 0 Å². The van der Waals surface area contributed by atoms with E-state index in [2.05, 4.69) is 5.32 Å². The van der Waals surface area contributed by atoms with E-state index in [0.29, 0.717) is 13.1 Å². The van der Waals surface area contributed by atoms with Crippen molar-refractivity contribution in [3.05, 3.63) is 0 Å². The summed E-state index contributed by atoms with van der Waals surface area (Å²) in [4.78, 5) is 0. The molecule has 112 valence electrons. The summed E-state index contributed by atoms with van der Waals surface area (Å²) in [6.45, 7) is 2.92. The highest BCUT2D eigenvalue weighted by atomic mass is 32.2. The summed E-state index contributed by atoms with van der Waals surface area (Å²) < 4.78 is 28.7. The maximum Gasteiger partial charge on any atom is 0.282 e. The van der Waals surface area contributed by atoms with Gasteiger partial charge in [0.15, 0.2) is 0 Å². The highest BCUT2D eigenvalue weighted by Crippen LogP contribution is 2.28. The van der Waals surface area contributed by atoms with Gasteiger partial charge >= 0.3 is 0 Å². The third kappa shape index (κ3) is 3.68. The molecule has 1 saturated heterocycles. The van der Waals surface area contributed by atoms with Gasteiger partial charge in [0.2, 0.25) is 0 Å². The molecule has 2 aliphatic rings. The van der Waals surface area contributed by atoms with Crippen molar-refractivity contribution in [1.82, 2.24) is 13.9 Å². The zero-order valence-corrected chi connectivity index (χ0v) is 12.8. The molecule has 0 unspecified atom stereocenters. The zero-order valence-electron chi connectivity index (χ0n) is 12.0. The Morgan fingerprint density at radius 2 is 1.84 bits per heavy atom. The molecule has 1 N–H and O–H groups in total. The topological polar surface area (TPSA) is 52.6 Å². The number of nitrogens with one attached hydrogen (secondary N) is 1. The molecule has 2 fully saturated rings. The van der Waals surface area contributed by atoms with Crippen molar-refractivity contribution in [2.24, 2.45) is 0 Å². The van der Waals surface area contributed by atoms with Gasteiger partial charge in [0.25, 0.3) is 10.2 Å². The van der Waals surface area contributed by atoms with Crippen molar-refractivity contribution >= 4 is 10.2 Å². The largest absolute Gasteiger partial charge is 0.320 e. The van der Waals surface area contributed by atoms with E-state index < -0.39 is 10.2 Å². The van der Waals surface area contributed by atoms with Crippen LogP contribution in [0.1, 0.15) is 44.9 Å². The first kappa shape index (κ1) is 15.2. The second kappa shape index (κ2) is 7.02. The average Bonchev–Trinajstić information content (AvgIpc) is 2.41. The molecular weight excluding hydrogens is 262 g/mol. The Labute approximate surface area is 117 Å². The van der Waals surface area contributed by atoms with E-state index in [1.165, 1.54) is 19.3 Å². The fourth-order valence-electron chi connectivity index (χ4n) is 3.18.